The minimum absolute atomic E-state index is 0.1000. The zero-order chi connectivity index (χ0) is 28.8. The van der Waals surface area contributed by atoms with Crippen LogP contribution in [0.2, 0.25) is 0 Å². The van der Waals surface area contributed by atoms with E-state index in [1.54, 1.807) is 27.7 Å². The van der Waals surface area contributed by atoms with E-state index in [1.165, 1.54) is 0 Å². The van der Waals surface area contributed by atoms with Crippen molar-refractivity contribution in [3.8, 4) is 11.1 Å². The highest BCUT2D eigenvalue weighted by atomic mass is 16.6. The first-order chi connectivity index (χ1) is 18.3. The molecule has 0 heterocycles. The molecule has 0 saturated heterocycles. The predicted molar refractivity (Wildman–Crippen MR) is 149 cm³/mol. The van der Waals surface area contributed by atoms with E-state index >= 15 is 0 Å². The number of esters is 1. The Morgan fingerprint density at radius 1 is 0.974 bits per heavy atom. The lowest BCUT2D eigenvalue weighted by atomic mass is 9.96. The maximum atomic E-state index is 13.1. The number of aliphatic hydroxyl groups is 2. The van der Waals surface area contributed by atoms with Gasteiger partial charge in [-0.2, -0.15) is 0 Å². The number of carbonyl (C=O) groups is 3. The van der Waals surface area contributed by atoms with Gasteiger partial charge in [-0.25, -0.2) is 9.59 Å². The highest BCUT2D eigenvalue weighted by molar-refractivity contribution is 5.96. The molecule has 0 aromatic heterocycles. The van der Waals surface area contributed by atoms with Gasteiger partial charge in [-0.15, -0.1) is 0 Å². The van der Waals surface area contributed by atoms with Crippen LogP contribution in [0.5, 0.6) is 0 Å². The molecule has 9 nitrogen and oxygen atoms in total. The van der Waals surface area contributed by atoms with Gasteiger partial charge in [-0.05, 0) is 54.7 Å². The topological polar surface area (TPSA) is 142 Å². The number of urea groups is 1. The van der Waals surface area contributed by atoms with Crippen molar-refractivity contribution in [3.63, 3.8) is 0 Å². The molecule has 1 atom stereocenters. The van der Waals surface area contributed by atoms with Crippen LogP contribution in [0.1, 0.15) is 39.7 Å². The summed E-state index contributed by atoms with van der Waals surface area (Å²) in [7, 11) is 0. The third-order valence-corrected chi connectivity index (χ3v) is 6.07. The van der Waals surface area contributed by atoms with Crippen molar-refractivity contribution in [3.05, 3.63) is 72.3 Å². The molecule has 3 amide bonds. The van der Waals surface area contributed by atoms with Crippen LogP contribution in [0.15, 0.2) is 66.7 Å². The smallest absolute Gasteiger partial charge is 0.329 e. The van der Waals surface area contributed by atoms with E-state index in [0.717, 1.165) is 32.4 Å². The fourth-order valence-corrected chi connectivity index (χ4v) is 4.21. The normalized spacial score (nSPS) is 12.6. The maximum absolute atomic E-state index is 13.1. The summed E-state index contributed by atoms with van der Waals surface area (Å²) < 4.78 is 5.55. The van der Waals surface area contributed by atoms with Crippen molar-refractivity contribution < 1.29 is 29.3 Å². The maximum Gasteiger partial charge on any atom is 0.329 e. The van der Waals surface area contributed by atoms with Gasteiger partial charge < -0.3 is 30.9 Å². The number of hydrogen-bond donors (Lipinski definition) is 4. The Morgan fingerprint density at radius 3 is 2.23 bits per heavy atom. The van der Waals surface area contributed by atoms with Crippen molar-refractivity contribution in [1.29, 1.82) is 0 Å². The van der Waals surface area contributed by atoms with E-state index in [2.05, 4.69) is 29.6 Å². The fourth-order valence-electron chi connectivity index (χ4n) is 4.21. The summed E-state index contributed by atoms with van der Waals surface area (Å²) in [6.07, 6.45) is 0.602. The number of amides is 3. The Hall–Kier alpha value is -3.95. The van der Waals surface area contributed by atoms with Crippen LogP contribution in [-0.4, -0.2) is 63.5 Å². The Bertz CT molecular complexity index is 1310. The molecule has 0 saturated carbocycles. The number of fused-ring (bicyclic) bond motifs is 1. The van der Waals surface area contributed by atoms with Crippen molar-refractivity contribution in [2.24, 2.45) is 5.73 Å². The number of benzene rings is 3. The number of nitrogens with zero attached hydrogens (tertiary/aromatic N) is 1. The third kappa shape index (κ3) is 8.02. The molecule has 0 spiro atoms. The van der Waals surface area contributed by atoms with Gasteiger partial charge in [0.25, 0.3) is 11.7 Å². The monoisotopic (exact) mass is 535 g/mol. The second-order valence-corrected chi connectivity index (χ2v) is 10.6. The second-order valence-electron chi connectivity index (χ2n) is 10.6. The molecule has 3 rings (SSSR count). The molecule has 39 heavy (non-hydrogen) atoms. The molecule has 0 bridgehead atoms. The Morgan fingerprint density at radius 2 is 1.62 bits per heavy atom. The van der Waals surface area contributed by atoms with Crippen LogP contribution in [0.4, 0.5) is 4.79 Å². The number of carbonyl (C=O) groups excluding carboxylic acids is 3. The Balaban J connectivity index is 1.84. The van der Waals surface area contributed by atoms with Crippen molar-refractivity contribution in [1.82, 2.24) is 10.2 Å². The lowest BCUT2D eigenvalue weighted by Gasteiger charge is -2.30. The van der Waals surface area contributed by atoms with Gasteiger partial charge in [0.1, 0.15) is 11.6 Å². The van der Waals surface area contributed by atoms with Crippen LogP contribution >= 0.6 is 0 Å². The first-order valence-electron chi connectivity index (χ1n) is 12.9. The molecular formula is C30H37N3O6. The summed E-state index contributed by atoms with van der Waals surface area (Å²) in [5.41, 5.74) is 7.13. The van der Waals surface area contributed by atoms with Crippen LogP contribution < -0.4 is 11.1 Å². The zero-order valence-corrected chi connectivity index (χ0v) is 22.8. The number of ether oxygens (including phenoxy) is 1. The number of hydrogen-bond acceptors (Lipinski definition) is 6. The van der Waals surface area contributed by atoms with Gasteiger partial charge >= 0.3 is 12.0 Å². The second kappa shape index (κ2) is 12.3. The highest BCUT2D eigenvalue weighted by Gasteiger charge is 2.36. The highest BCUT2D eigenvalue weighted by Crippen LogP contribution is 2.29. The van der Waals surface area contributed by atoms with Gasteiger partial charge in [0.2, 0.25) is 0 Å². The SMILES string of the molecule is CCCN(CC(O)(O)C(N)=O)C(=O)NC(Cc1ccc(-c2cccc3ccccc23)cc1)C(=O)OC(C)(C)C. The number of nitrogens with one attached hydrogen (secondary N) is 1. The van der Waals surface area contributed by atoms with Crippen molar-refractivity contribution in [2.75, 3.05) is 13.1 Å². The van der Waals surface area contributed by atoms with Crippen molar-refractivity contribution in [2.45, 2.75) is 58.0 Å². The Kier molecular flexibility index (Phi) is 9.32. The van der Waals surface area contributed by atoms with Gasteiger partial charge in [-0.1, -0.05) is 73.7 Å². The largest absolute Gasteiger partial charge is 0.458 e. The van der Waals surface area contributed by atoms with Crippen molar-refractivity contribution >= 4 is 28.7 Å². The quantitative estimate of drug-likeness (QED) is 0.232. The molecule has 3 aromatic carbocycles. The first-order valence-corrected chi connectivity index (χ1v) is 12.9. The molecular weight excluding hydrogens is 498 g/mol. The summed E-state index contributed by atoms with van der Waals surface area (Å²) >= 11 is 0. The van der Waals surface area contributed by atoms with E-state index in [4.69, 9.17) is 10.5 Å². The summed E-state index contributed by atoms with van der Waals surface area (Å²) in [6.45, 7) is 6.32. The van der Waals surface area contributed by atoms with E-state index < -0.39 is 41.9 Å². The molecule has 0 fully saturated rings. The molecule has 208 valence electrons. The van der Waals surface area contributed by atoms with Gasteiger partial charge in [0.15, 0.2) is 0 Å². The number of nitrogens with two attached hydrogens (primary N) is 1. The average Bonchev–Trinajstić information content (AvgIpc) is 2.87. The minimum atomic E-state index is -2.91. The molecule has 5 N–H and O–H groups in total. The summed E-state index contributed by atoms with van der Waals surface area (Å²) in [5.74, 6) is -4.93. The zero-order valence-electron chi connectivity index (χ0n) is 22.8. The third-order valence-electron chi connectivity index (χ3n) is 6.07. The minimum Gasteiger partial charge on any atom is -0.458 e. The molecule has 0 aliphatic heterocycles. The molecule has 0 aliphatic carbocycles. The molecule has 1 unspecified atom stereocenters. The lowest BCUT2D eigenvalue weighted by molar-refractivity contribution is -0.185. The average molecular weight is 536 g/mol. The Labute approximate surface area is 228 Å². The lowest BCUT2D eigenvalue weighted by Crippen LogP contribution is -2.57. The first kappa shape index (κ1) is 29.6. The fraction of sp³-hybridized carbons (Fsp3) is 0.367. The van der Waals surface area contributed by atoms with Crippen LogP contribution in [0.3, 0.4) is 0 Å². The summed E-state index contributed by atoms with van der Waals surface area (Å²) in [5, 5.41) is 24.7. The standard InChI is InChI=1S/C30H37N3O6/c1-5-17-33(19-30(37,38)27(31)35)28(36)32-25(26(34)39-29(2,3)4)18-20-13-15-22(16-14-20)24-12-8-10-21-9-6-7-11-23(21)24/h6-16,25,37-38H,5,17-19H2,1-4H3,(H2,31,35)(H,32,36). The summed E-state index contributed by atoms with van der Waals surface area (Å²) in [6, 6.07) is 20.1. The van der Waals surface area contributed by atoms with Gasteiger partial charge in [-0.3, -0.25) is 4.79 Å². The van der Waals surface area contributed by atoms with E-state index in [9.17, 15) is 24.6 Å². The van der Waals surface area contributed by atoms with E-state index in [-0.39, 0.29) is 13.0 Å². The van der Waals surface area contributed by atoms with Crippen LogP contribution in [0, 0.1) is 0 Å². The van der Waals surface area contributed by atoms with Gasteiger partial charge in [0.05, 0.1) is 6.54 Å². The number of primary amides is 1. The molecule has 9 heteroatoms. The van der Waals surface area contributed by atoms with E-state index in [1.807, 2.05) is 42.5 Å². The number of rotatable bonds is 10. The van der Waals surface area contributed by atoms with Gasteiger partial charge in [0, 0.05) is 13.0 Å². The van der Waals surface area contributed by atoms with E-state index in [0.29, 0.717) is 6.42 Å². The van der Waals surface area contributed by atoms with Crippen LogP contribution in [-0.2, 0) is 20.7 Å². The molecule has 0 aliphatic rings. The molecule has 3 aromatic rings. The summed E-state index contributed by atoms with van der Waals surface area (Å²) in [4.78, 5) is 38.6. The predicted octanol–water partition coefficient (Wildman–Crippen LogP) is 3.35. The molecule has 0 radical (unpaired) electrons. The van der Waals surface area contributed by atoms with Crippen LogP contribution in [0.25, 0.3) is 21.9 Å².